The number of nitrogens with zero attached hydrogens (tertiary/aromatic N) is 1. The fourth-order valence-corrected chi connectivity index (χ4v) is 6.55. The van der Waals surface area contributed by atoms with Crippen LogP contribution in [0.15, 0.2) is 115 Å². The first-order chi connectivity index (χ1) is 20.9. The molecule has 0 spiro atoms. The van der Waals surface area contributed by atoms with Gasteiger partial charge in [0.2, 0.25) is 0 Å². The van der Waals surface area contributed by atoms with E-state index in [1.165, 1.54) is 4.90 Å². The van der Waals surface area contributed by atoms with Crippen molar-refractivity contribution in [3.8, 4) is 11.5 Å². The SMILES string of the molecule is O=C(NC(CCCCN1C(=O)c2ccccc2C1=O)P(=O)(Oc1ccccc1)Oc1ccccc1)OCc1ccccc1. The van der Waals surface area contributed by atoms with Crippen molar-refractivity contribution in [2.24, 2.45) is 0 Å². The highest BCUT2D eigenvalue weighted by atomic mass is 31.2. The fourth-order valence-electron chi connectivity index (χ4n) is 4.66. The number of rotatable bonds is 13. The third kappa shape index (κ3) is 7.50. The number of fused-ring (bicyclic) bond motifs is 1. The molecule has 4 aromatic carbocycles. The molecule has 0 saturated heterocycles. The molecule has 5 rings (SSSR count). The molecule has 0 radical (unpaired) electrons. The van der Waals surface area contributed by atoms with Crippen molar-refractivity contribution in [2.75, 3.05) is 6.54 Å². The summed E-state index contributed by atoms with van der Waals surface area (Å²) in [6.07, 6.45) is 0.153. The fraction of sp³-hybridized carbons (Fsp3) is 0.182. The summed E-state index contributed by atoms with van der Waals surface area (Å²) in [6.45, 7) is 0.184. The summed E-state index contributed by atoms with van der Waals surface area (Å²) in [7, 11) is -4.12. The normalized spacial score (nSPS) is 13.3. The minimum Gasteiger partial charge on any atom is -0.445 e. The van der Waals surface area contributed by atoms with Crippen LogP contribution in [-0.2, 0) is 15.9 Å². The van der Waals surface area contributed by atoms with Gasteiger partial charge in [0.15, 0.2) is 5.78 Å². The third-order valence-electron chi connectivity index (χ3n) is 6.82. The van der Waals surface area contributed by atoms with Crippen LogP contribution in [0.25, 0.3) is 0 Å². The maximum atomic E-state index is 14.5. The van der Waals surface area contributed by atoms with Crippen molar-refractivity contribution >= 4 is 25.5 Å². The molecule has 9 nitrogen and oxygen atoms in total. The molecular weight excluding hydrogens is 567 g/mol. The van der Waals surface area contributed by atoms with Crippen molar-refractivity contribution in [1.29, 1.82) is 0 Å². The van der Waals surface area contributed by atoms with Crippen LogP contribution in [0.2, 0.25) is 0 Å². The van der Waals surface area contributed by atoms with Crippen LogP contribution in [0, 0.1) is 0 Å². The first-order valence-corrected chi connectivity index (χ1v) is 15.6. The second-order valence-electron chi connectivity index (χ2n) is 9.87. The molecule has 1 aliphatic rings. The van der Waals surface area contributed by atoms with Gasteiger partial charge in [0.05, 0.1) is 11.1 Å². The number of hydrogen-bond donors (Lipinski definition) is 1. The molecule has 0 bridgehead atoms. The van der Waals surface area contributed by atoms with Gasteiger partial charge in [0.1, 0.15) is 18.1 Å². The average molecular weight is 599 g/mol. The van der Waals surface area contributed by atoms with Crippen LogP contribution in [0.5, 0.6) is 11.5 Å². The Bertz CT molecular complexity index is 1520. The number of hydrogen-bond acceptors (Lipinski definition) is 7. The van der Waals surface area contributed by atoms with Crippen molar-refractivity contribution in [3.63, 3.8) is 0 Å². The monoisotopic (exact) mass is 598 g/mol. The molecule has 4 aromatic rings. The standard InChI is InChI=1S/C33H31N2O7P/c36-31-28-20-10-11-21-29(28)32(37)35(31)23-13-12-22-30(34-33(38)40-24-25-14-4-1-5-15-25)43(39,41-26-16-6-2-7-17-26)42-27-18-8-3-9-19-27/h1-11,14-21,30H,12-13,22-24H2,(H,34,38). The Morgan fingerprint density at radius 1 is 0.698 bits per heavy atom. The van der Waals surface area contributed by atoms with Crippen molar-refractivity contribution < 1.29 is 32.7 Å². The number of carbonyl (C=O) groups excluding carboxylic acids is 3. The topological polar surface area (TPSA) is 111 Å². The Kier molecular flexibility index (Phi) is 9.54. The molecule has 0 aliphatic carbocycles. The van der Waals surface area contributed by atoms with E-state index in [-0.39, 0.29) is 31.4 Å². The molecule has 1 unspecified atom stereocenters. The van der Waals surface area contributed by atoms with E-state index in [4.69, 9.17) is 13.8 Å². The van der Waals surface area contributed by atoms with Crippen LogP contribution in [0.1, 0.15) is 45.5 Å². The molecule has 0 saturated carbocycles. The molecule has 0 aromatic heterocycles. The molecule has 0 fully saturated rings. The third-order valence-corrected chi connectivity index (χ3v) is 8.90. The molecular formula is C33H31N2O7P. The van der Waals surface area contributed by atoms with Crippen LogP contribution in [0.4, 0.5) is 4.79 Å². The van der Waals surface area contributed by atoms with Gasteiger partial charge in [-0.2, -0.15) is 0 Å². The van der Waals surface area contributed by atoms with E-state index in [1.807, 2.05) is 30.3 Å². The second-order valence-corrected chi connectivity index (χ2v) is 11.9. The molecule has 3 amide bonds. The average Bonchev–Trinajstić information content (AvgIpc) is 3.27. The van der Waals surface area contributed by atoms with E-state index in [0.717, 1.165) is 5.56 Å². The number of alkyl carbamates (subject to hydrolysis) is 1. The van der Waals surface area contributed by atoms with E-state index in [1.54, 1.807) is 84.9 Å². The van der Waals surface area contributed by atoms with Crippen LogP contribution >= 0.6 is 7.60 Å². The zero-order chi connectivity index (χ0) is 30.1. The lowest BCUT2D eigenvalue weighted by atomic mass is 10.1. The predicted molar refractivity (Wildman–Crippen MR) is 161 cm³/mol. The van der Waals surface area contributed by atoms with Crippen molar-refractivity contribution in [2.45, 2.75) is 31.7 Å². The Balaban J connectivity index is 1.32. The molecule has 43 heavy (non-hydrogen) atoms. The molecule has 10 heteroatoms. The molecule has 1 atom stereocenters. The zero-order valence-electron chi connectivity index (χ0n) is 23.3. The first-order valence-electron chi connectivity index (χ1n) is 13.9. The highest BCUT2D eigenvalue weighted by Crippen LogP contribution is 2.53. The zero-order valence-corrected chi connectivity index (χ0v) is 24.2. The maximum absolute atomic E-state index is 14.5. The summed E-state index contributed by atoms with van der Waals surface area (Å²) in [5, 5.41) is 2.71. The highest BCUT2D eigenvalue weighted by molar-refractivity contribution is 7.55. The van der Waals surface area contributed by atoms with E-state index in [2.05, 4.69) is 5.32 Å². The Morgan fingerprint density at radius 3 is 1.72 bits per heavy atom. The smallest absolute Gasteiger partial charge is 0.445 e. The number of benzene rings is 4. The van der Waals surface area contributed by atoms with Gasteiger partial charge in [-0.1, -0.05) is 78.9 Å². The maximum Gasteiger partial charge on any atom is 0.453 e. The number of carbonyl (C=O) groups is 3. The van der Waals surface area contributed by atoms with Gasteiger partial charge in [0.25, 0.3) is 11.8 Å². The van der Waals surface area contributed by atoms with Gasteiger partial charge in [-0.3, -0.25) is 14.5 Å². The number of unbranched alkanes of at least 4 members (excludes halogenated alkanes) is 1. The molecule has 220 valence electrons. The van der Waals surface area contributed by atoms with Crippen molar-refractivity contribution in [3.05, 3.63) is 132 Å². The first kappa shape index (κ1) is 29.6. The summed E-state index contributed by atoms with van der Waals surface area (Å²) in [5.41, 5.74) is 1.55. The molecule has 1 heterocycles. The van der Waals surface area contributed by atoms with Crippen LogP contribution in [-0.4, -0.2) is 35.1 Å². The lowest BCUT2D eigenvalue weighted by molar-refractivity contribution is 0.0651. The van der Waals surface area contributed by atoms with Gasteiger partial charge < -0.3 is 19.1 Å². The van der Waals surface area contributed by atoms with Crippen molar-refractivity contribution in [1.82, 2.24) is 10.2 Å². The van der Waals surface area contributed by atoms with E-state index in [9.17, 15) is 18.9 Å². The minimum atomic E-state index is -4.12. The van der Waals surface area contributed by atoms with Crippen LogP contribution < -0.4 is 14.4 Å². The molecule has 1 aliphatic heterocycles. The largest absolute Gasteiger partial charge is 0.453 e. The summed E-state index contributed by atoms with van der Waals surface area (Å²) in [4.78, 5) is 39.7. The number of imide groups is 1. The Morgan fingerprint density at radius 2 is 1.19 bits per heavy atom. The number of ether oxygens (including phenoxy) is 1. The summed E-state index contributed by atoms with van der Waals surface area (Å²) < 4.78 is 31.9. The van der Waals surface area contributed by atoms with E-state index < -0.39 is 19.5 Å². The van der Waals surface area contributed by atoms with Gasteiger partial charge in [0, 0.05) is 6.54 Å². The quantitative estimate of drug-likeness (QED) is 0.0997. The summed E-state index contributed by atoms with van der Waals surface area (Å²) in [5.74, 6) is -1.19. The minimum absolute atomic E-state index is 0.0164. The predicted octanol–water partition coefficient (Wildman–Crippen LogP) is 7.06. The highest BCUT2D eigenvalue weighted by Gasteiger charge is 2.41. The number of nitrogens with one attached hydrogen (secondary N) is 1. The number of amides is 3. The van der Waals surface area contributed by atoms with E-state index >= 15 is 0 Å². The second kappa shape index (κ2) is 13.9. The number of para-hydroxylation sites is 2. The van der Waals surface area contributed by atoms with Gasteiger partial charge in [-0.15, -0.1) is 0 Å². The summed E-state index contributed by atoms with van der Waals surface area (Å²) in [6, 6.07) is 33.0. The van der Waals surface area contributed by atoms with Crippen LogP contribution in [0.3, 0.4) is 0 Å². The summed E-state index contributed by atoms with van der Waals surface area (Å²) >= 11 is 0. The Hall–Kier alpha value is -4.88. The van der Waals surface area contributed by atoms with Gasteiger partial charge >= 0.3 is 13.7 Å². The van der Waals surface area contributed by atoms with Gasteiger partial charge in [-0.25, -0.2) is 9.36 Å². The Labute approximate surface area is 249 Å². The van der Waals surface area contributed by atoms with Gasteiger partial charge in [-0.05, 0) is 61.2 Å². The lowest BCUT2D eigenvalue weighted by Crippen LogP contribution is -2.38. The molecule has 1 N–H and O–H groups in total. The van der Waals surface area contributed by atoms with E-state index in [0.29, 0.717) is 35.5 Å². The lowest BCUT2D eigenvalue weighted by Gasteiger charge is -2.28.